The van der Waals surface area contributed by atoms with E-state index in [1.807, 2.05) is 0 Å². The summed E-state index contributed by atoms with van der Waals surface area (Å²) in [6.07, 6.45) is 0. The first kappa shape index (κ1) is 57.3. The van der Waals surface area contributed by atoms with Crippen molar-refractivity contribution in [2.75, 3.05) is 24.5 Å². The second-order valence-electron chi connectivity index (χ2n) is 25.8. The van der Waals surface area contributed by atoms with E-state index < -0.39 is 20.4 Å². The molecule has 0 unspecified atom stereocenters. The molecule has 9 heteroatoms. The van der Waals surface area contributed by atoms with Crippen molar-refractivity contribution in [3.8, 4) is 33.8 Å². The van der Waals surface area contributed by atoms with Gasteiger partial charge < -0.3 is 0 Å². The molecular weight excluding hydrogens is 1320 g/mol. The maximum atomic E-state index is 8.04. The second kappa shape index (κ2) is 23.4. The quantitative estimate of drug-likeness (QED) is 0.120. The Kier molecular flexibility index (Phi) is 13.5. The van der Waals surface area contributed by atoms with Gasteiger partial charge in [-0.05, 0) is 35.4 Å². The van der Waals surface area contributed by atoms with Crippen molar-refractivity contribution < 1.29 is 4.74 Å². The van der Waals surface area contributed by atoms with E-state index in [0.717, 1.165) is 124 Å². The summed E-state index contributed by atoms with van der Waals surface area (Å²) in [5, 5.41) is 2.67. The van der Waals surface area contributed by atoms with Crippen LogP contribution in [0.5, 0.6) is 11.5 Å². The smallest absolute Gasteiger partial charge is 0.0543 e. The van der Waals surface area contributed by atoms with Gasteiger partial charge in [0.25, 0.3) is 0 Å². The molecule has 0 saturated carbocycles. The van der Waals surface area contributed by atoms with E-state index in [0.29, 0.717) is 0 Å². The first-order chi connectivity index (χ1) is 49.2. The standard InChI is InChI=1S/C90H59B2N5OTe/c1-7-30-60(31-8-1)68-42-19-24-48-76(68)94(64-38-15-5-16-39-64)67-56-84-89-86(57-67)98-85-59-81-74(58-75(85)92(89)73-47-23-27-51-79(73)96(84)77-49-25-20-43-69(77)61-32-9-2-10-33-61)91-72-46-22-26-50-78(72)95(65-40-17-6-18-41-65)82-54-66(93(62-34-11-3-12-35-62)63-36-13-4-14-37-63)55-83(88(82)91)97(81)80-52-29-45-71-70-44-21-28-53-87(70)99-90(71)80/h1-59H. The van der Waals surface area contributed by atoms with E-state index in [1.165, 1.54) is 45.1 Å². The number of para-hydroxylation sites is 8. The number of anilines is 15. The SMILES string of the molecule is c1ccc(-c2ccccc2N(c2ccccc2)c2cc3c4c(c2)N(c2ccccc2-c2ccccc2)c2ccccc2B4c2cc4c(cc2O3)N(c2cccc3c2[te]c2ccccc23)c2cc(N(c3ccccc3)c3ccccc3)cc3c2B4c2ccccc2N3c2ccccc2)cc1. The number of fused-ring (bicyclic) bond motifs is 11. The van der Waals surface area contributed by atoms with Crippen LogP contribution < -0.4 is 62.0 Å². The normalized spacial score (nSPS) is 12.8. The minimum atomic E-state index is -0.868. The Bertz CT molecular complexity index is 5800. The summed E-state index contributed by atoms with van der Waals surface area (Å²) in [6, 6.07) is 132. The topological polar surface area (TPSA) is 25.4 Å². The molecular formula is C90H59B2N5OTe. The summed E-state index contributed by atoms with van der Waals surface area (Å²) in [5.41, 5.74) is 28.1. The molecule has 4 aliphatic heterocycles. The average Bonchev–Trinajstić information content (AvgIpc) is 1.28. The Labute approximate surface area is 586 Å². The van der Waals surface area contributed by atoms with Crippen LogP contribution in [0.25, 0.3) is 39.8 Å². The summed E-state index contributed by atoms with van der Waals surface area (Å²) < 4.78 is 10.9. The number of rotatable bonds is 11. The van der Waals surface area contributed by atoms with E-state index in [4.69, 9.17) is 4.74 Å². The van der Waals surface area contributed by atoms with Gasteiger partial charge in [-0.1, -0.05) is 115 Å². The molecule has 5 heterocycles. The fourth-order valence-electron chi connectivity index (χ4n) is 16.3. The largest absolute Gasteiger partial charge is 0.0616 e. The van der Waals surface area contributed by atoms with E-state index in [1.54, 1.807) is 0 Å². The average molecular weight is 1380 g/mol. The molecule has 0 spiro atoms. The van der Waals surface area contributed by atoms with Crippen LogP contribution in [0.3, 0.4) is 0 Å². The van der Waals surface area contributed by atoms with Crippen molar-refractivity contribution >= 4 is 170 Å². The van der Waals surface area contributed by atoms with Crippen molar-refractivity contribution in [3.63, 3.8) is 0 Å². The zero-order chi connectivity index (χ0) is 65.1. The van der Waals surface area contributed by atoms with Gasteiger partial charge in [0.15, 0.2) is 0 Å². The Balaban J connectivity index is 0.890. The molecule has 1 aromatic heterocycles. The minimum Gasteiger partial charge on any atom is -0.0616 e. The van der Waals surface area contributed by atoms with E-state index >= 15 is 0 Å². The third kappa shape index (κ3) is 9.19. The summed E-state index contributed by atoms with van der Waals surface area (Å²) in [4.78, 5) is 12.6. The van der Waals surface area contributed by atoms with Crippen LogP contribution in [0.2, 0.25) is 0 Å². The molecule has 99 heavy (non-hydrogen) atoms. The zero-order valence-corrected chi connectivity index (χ0v) is 56.1. The van der Waals surface area contributed by atoms with Crippen LogP contribution in [-0.4, -0.2) is 33.9 Å². The first-order valence-corrected chi connectivity index (χ1v) is 36.3. The predicted octanol–water partition coefficient (Wildman–Crippen LogP) is 19.8. The van der Waals surface area contributed by atoms with Crippen LogP contribution in [0.15, 0.2) is 358 Å². The fraction of sp³-hybridized carbons (Fsp3) is 0. The monoisotopic (exact) mass is 1380 g/mol. The number of hydrogen-bond acceptors (Lipinski definition) is 6. The first-order valence-electron chi connectivity index (χ1n) is 34.0. The Morgan fingerprint density at radius 2 is 0.737 bits per heavy atom. The number of ether oxygens (including phenoxy) is 1. The third-order valence-corrected chi connectivity index (χ3v) is 23.9. The Morgan fingerprint density at radius 3 is 1.40 bits per heavy atom. The van der Waals surface area contributed by atoms with Gasteiger partial charge in [0.05, 0.1) is 0 Å². The molecule has 4 aliphatic rings. The second-order valence-corrected chi connectivity index (χ2v) is 28.8. The van der Waals surface area contributed by atoms with Crippen LogP contribution in [-0.2, 0) is 0 Å². The van der Waals surface area contributed by atoms with Gasteiger partial charge in [0, 0.05) is 11.1 Å². The summed E-state index contributed by atoms with van der Waals surface area (Å²) in [5.74, 6) is 1.65. The molecule has 0 saturated heterocycles. The molecule has 0 bridgehead atoms. The molecule has 0 fully saturated rings. The maximum absolute atomic E-state index is 8.04. The third-order valence-electron chi connectivity index (χ3n) is 20.4. The van der Waals surface area contributed by atoms with Gasteiger partial charge in [-0.3, -0.25) is 0 Å². The number of benzene rings is 15. The Morgan fingerprint density at radius 1 is 0.273 bits per heavy atom. The van der Waals surface area contributed by atoms with Crippen LogP contribution in [0.4, 0.5) is 85.3 Å². The van der Waals surface area contributed by atoms with Gasteiger partial charge >= 0.3 is 429 Å². The molecule has 462 valence electrons. The predicted molar refractivity (Wildman–Crippen MR) is 419 cm³/mol. The molecule has 0 aliphatic carbocycles. The van der Waals surface area contributed by atoms with Crippen molar-refractivity contribution in [2.45, 2.75) is 0 Å². The zero-order valence-electron chi connectivity index (χ0n) is 53.8. The number of hydrogen-bond donors (Lipinski definition) is 0. The molecule has 20 rings (SSSR count). The van der Waals surface area contributed by atoms with Gasteiger partial charge in [0.2, 0.25) is 0 Å². The van der Waals surface area contributed by atoms with Crippen LogP contribution >= 0.6 is 0 Å². The van der Waals surface area contributed by atoms with Crippen molar-refractivity contribution in [2.24, 2.45) is 0 Å². The van der Waals surface area contributed by atoms with Crippen LogP contribution in [0, 0.1) is 0 Å². The molecule has 6 nitrogen and oxygen atoms in total. The van der Waals surface area contributed by atoms with Crippen molar-refractivity contribution in [1.82, 2.24) is 0 Å². The molecule has 0 N–H and O–H groups in total. The van der Waals surface area contributed by atoms with Gasteiger partial charge in [-0.15, -0.1) is 0 Å². The van der Waals surface area contributed by atoms with Gasteiger partial charge in [-0.25, -0.2) is 0 Å². The van der Waals surface area contributed by atoms with Gasteiger partial charge in [0.1, 0.15) is 0 Å². The summed E-state index contributed by atoms with van der Waals surface area (Å²) in [6.45, 7) is -0.426. The van der Waals surface area contributed by atoms with Crippen molar-refractivity contribution in [1.29, 1.82) is 0 Å². The van der Waals surface area contributed by atoms with Gasteiger partial charge in [-0.2, -0.15) is 0 Å². The van der Waals surface area contributed by atoms with E-state index in [-0.39, 0.29) is 13.4 Å². The van der Waals surface area contributed by atoms with E-state index in [2.05, 4.69) is 382 Å². The van der Waals surface area contributed by atoms with Crippen LogP contribution in [0.1, 0.15) is 0 Å². The molecule has 0 atom stereocenters. The molecule has 0 amide bonds. The summed E-state index contributed by atoms with van der Waals surface area (Å²) >= 11 is -0.868. The maximum Gasteiger partial charge on any atom is -0.0543 e. The fourth-order valence-corrected chi connectivity index (χ4v) is 19.8. The van der Waals surface area contributed by atoms with E-state index in [9.17, 15) is 0 Å². The minimum absolute atomic E-state index is 0.190. The molecule has 15 aromatic carbocycles. The molecule has 16 aromatic rings. The Hall–Kier alpha value is -12.0. The molecule has 0 radical (unpaired) electrons. The number of nitrogens with zero attached hydrogens (tertiary/aromatic N) is 5. The summed E-state index contributed by atoms with van der Waals surface area (Å²) in [7, 11) is 0. The van der Waals surface area contributed by atoms with Crippen molar-refractivity contribution in [3.05, 3.63) is 358 Å².